The number of aryl methyl sites for hydroxylation is 1. The van der Waals surface area contributed by atoms with Gasteiger partial charge >= 0.3 is 0 Å². The highest BCUT2D eigenvalue weighted by Crippen LogP contribution is 2.33. The molecular formula is C13H18N2O. The van der Waals surface area contributed by atoms with Gasteiger partial charge in [-0.3, -0.25) is 4.98 Å². The van der Waals surface area contributed by atoms with Gasteiger partial charge in [-0.2, -0.15) is 0 Å². The second-order valence-corrected chi connectivity index (χ2v) is 4.94. The minimum absolute atomic E-state index is 0.693. The third-order valence-corrected chi connectivity index (χ3v) is 3.84. The van der Waals surface area contributed by atoms with Crippen LogP contribution in [0.3, 0.4) is 0 Å². The van der Waals surface area contributed by atoms with Crippen LogP contribution >= 0.6 is 0 Å². The molecule has 2 aliphatic heterocycles. The van der Waals surface area contributed by atoms with Gasteiger partial charge in [-0.25, -0.2) is 0 Å². The lowest BCUT2D eigenvalue weighted by Crippen LogP contribution is -2.27. The second-order valence-electron chi connectivity index (χ2n) is 4.94. The average molecular weight is 218 g/mol. The third kappa shape index (κ3) is 1.80. The zero-order valence-electron chi connectivity index (χ0n) is 9.65. The Kier molecular flexibility index (Phi) is 2.56. The fourth-order valence-corrected chi connectivity index (χ4v) is 2.94. The van der Waals surface area contributed by atoms with Gasteiger partial charge in [0, 0.05) is 24.2 Å². The Morgan fingerprint density at radius 1 is 1.50 bits per heavy atom. The van der Waals surface area contributed by atoms with Crippen LogP contribution in [0, 0.1) is 12.8 Å². The van der Waals surface area contributed by atoms with Gasteiger partial charge in [-0.05, 0) is 38.3 Å². The Labute approximate surface area is 96.2 Å². The van der Waals surface area contributed by atoms with Crippen molar-refractivity contribution in [3.63, 3.8) is 0 Å². The molecule has 86 valence electrons. The summed E-state index contributed by atoms with van der Waals surface area (Å²) in [4.78, 5) is 4.23. The number of hydrogen-bond donors (Lipinski definition) is 1. The maximum atomic E-state index is 5.87. The number of aromatic nitrogens is 1. The van der Waals surface area contributed by atoms with E-state index in [0.717, 1.165) is 24.1 Å². The van der Waals surface area contributed by atoms with Crippen molar-refractivity contribution in [3.05, 3.63) is 24.0 Å². The van der Waals surface area contributed by atoms with Crippen LogP contribution in [0.2, 0.25) is 0 Å². The minimum Gasteiger partial charge on any atom is -0.491 e. The molecule has 2 fully saturated rings. The third-order valence-electron chi connectivity index (χ3n) is 3.84. The zero-order chi connectivity index (χ0) is 11.0. The summed E-state index contributed by atoms with van der Waals surface area (Å²) in [7, 11) is 0. The highest BCUT2D eigenvalue weighted by molar-refractivity contribution is 5.25. The number of rotatable bonds is 3. The van der Waals surface area contributed by atoms with Gasteiger partial charge in [0.15, 0.2) is 0 Å². The molecule has 0 radical (unpaired) electrons. The van der Waals surface area contributed by atoms with Crippen LogP contribution in [0.1, 0.15) is 25.0 Å². The fraction of sp³-hybridized carbons (Fsp3) is 0.615. The molecule has 2 aliphatic rings. The molecule has 3 rings (SSSR count). The lowest BCUT2D eigenvalue weighted by Gasteiger charge is -2.20. The van der Waals surface area contributed by atoms with E-state index in [-0.39, 0.29) is 0 Å². The summed E-state index contributed by atoms with van der Waals surface area (Å²) in [6.07, 6.45) is 5.77. The molecule has 0 aromatic carbocycles. The van der Waals surface area contributed by atoms with Crippen LogP contribution < -0.4 is 10.1 Å². The Balaban J connectivity index is 1.59. The summed E-state index contributed by atoms with van der Waals surface area (Å²) >= 11 is 0. The number of fused-ring (bicyclic) bond motifs is 2. The number of nitrogens with one attached hydrogen (secondary N) is 1. The quantitative estimate of drug-likeness (QED) is 0.841. The molecule has 3 nitrogen and oxygen atoms in total. The first-order valence-corrected chi connectivity index (χ1v) is 6.13. The van der Waals surface area contributed by atoms with Crippen molar-refractivity contribution in [3.8, 4) is 5.75 Å². The van der Waals surface area contributed by atoms with E-state index >= 15 is 0 Å². The standard InChI is InChI=1S/C13H18N2O/c1-9-13(3-2-6-14-9)16-8-10-7-11-4-5-12(10)15-11/h2-3,6,10-12,15H,4-5,7-8H2,1H3. The Bertz CT molecular complexity index is 380. The number of ether oxygens (including phenoxy) is 1. The van der Waals surface area contributed by atoms with Gasteiger partial charge in [0.1, 0.15) is 5.75 Å². The molecule has 3 heterocycles. The molecule has 16 heavy (non-hydrogen) atoms. The van der Waals surface area contributed by atoms with E-state index in [2.05, 4.69) is 10.3 Å². The van der Waals surface area contributed by atoms with E-state index in [1.807, 2.05) is 19.1 Å². The van der Waals surface area contributed by atoms with Gasteiger partial charge in [0.25, 0.3) is 0 Å². The summed E-state index contributed by atoms with van der Waals surface area (Å²) in [5, 5.41) is 3.63. The van der Waals surface area contributed by atoms with Crippen molar-refractivity contribution < 1.29 is 4.74 Å². The van der Waals surface area contributed by atoms with Crippen LogP contribution in [0.4, 0.5) is 0 Å². The van der Waals surface area contributed by atoms with Crippen molar-refractivity contribution in [1.82, 2.24) is 10.3 Å². The number of hydrogen-bond acceptors (Lipinski definition) is 3. The summed E-state index contributed by atoms with van der Waals surface area (Å²) in [5.41, 5.74) is 0.985. The van der Waals surface area contributed by atoms with Crippen LogP contribution in [-0.4, -0.2) is 23.7 Å². The molecule has 3 heteroatoms. The molecule has 2 saturated heterocycles. The van der Waals surface area contributed by atoms with Crippen molar-refractivity contribution in [2.24, 2.45) is 5.92 Å². The van der Waals surface area contributed by atoms with E-state index in [1.54, 1.807) is 6.20 Å². The predicted octanol–water partition coefficient (Wildman–Crippen LogP) is 1.91. The Morgan fingerprint density at radius 3 is 3.12 bits per heavy atom. The van der Waals surface area contributed by atoms with Crippen molar-refractivity contribution in [2.75, 3.05) is 6.61 Å². The lowest BCUT2D eigenvalue weighted by molar-refractivity contribution is 0.221. The Morgan fingerprint density at radius 2 is 2.44 bits per heavy atom. The molecule has 1 aromatic heterocycles. The first kappa shape index (κ1) is 10.1. The lowest BCUT2D eigenvalue weighted by atomic mass is 9.90. The molecule has 0 saturated carbocycles. The number of pyridine rings is 1. The van der Waals surface area contributed by atoms with Crippen molar-refractivity contribution in [2.45, 2.75) is 38.3 Å². The molecule has 3 atom stereocenters. The smallest absolute Gasteiger partial charge is 0.140 e. The van der Waals surface area contributed by atoms with Crippen molar-refractivity contribution in [1.29, 1.82) is 0 Å². The number of nitrogens with zero attached hydrogens (tertiary/aromatic N) is 1. The summed E-state index contributed by atoms with van der Waals surface area (Å²) in [5.74, 6) is 1.63. The maximum absolute atomic E-state index is 5.87. The second kappa shape index (κ2) is 4.06. The molecule has 0 amide bonds. The van der Waals surface area contributed by atoms with E-state index in [4.69, 9.17) is 4.74 Å². The van der Waals surface area contributed by atoms with Crippen LogP contribution in [0.25, 0.3) is 0 Å². The van der Waals surface area contributed by atoms with Crippen molar-refractivity contribution >= 4 is 0 Å². The molecular weight excluding hydrogens is 200 g/mol. The highest BCUT2D eigenvalue weighted by atomic mass is 16.5. The van der Waals surface area contributed by atoms with E-state index in [0.29, 0.717) is 12.0 Å². The van der Waals surface area contributed by atoms with Gasteiger partial charge in [-0.1, -0.05) is 0 Å². The fourth-order valence-electron chi connectivity index (χ4n) is 2.94. The van der Waals surface area contributed by atoms with Crippen LogP contribution in [-0.2, 0) is 0 Å². The SMILES string of the molecule is Cc1ncccc1OCC1CC2CCC1N2. The van der Waals surface area contributed by atoms with Gasteiger partial charge in [0.2, 0.25) is 0 Å². The predicted molar refractivity (Wildman–Crippen MR) is 62.5 cm³/mol. The zero-order valence-corrected chi connectivity index (χ0v) is 9.65. The topological polar surface area (TPSA) is 34.1 Å². The summed E-state index contributed by atoms with van der Waals surface area (Å²) < 4.78 is 5.87. The minimum atomic E-state index is 0.693. The maximum Gasteiger partial charge on any atom is 0.140 e. The first-order chi connectivity index (χ1) is 7.83. The normalized spacial score (nSPS) is 31.9. The summed E-state index contributed by atoms with van der Waals surface area (Å²) in [6, 6.07) is 5.39. The molecule has 1 aromatic rings. The van der Waals surface area contributed by atoms with Gasteiger partial charge in [0.05, 0.1) is 12.3 Å². The first-order valence-electron chi connectivity index (χ1n) is 6.13. The highest BCUT2D eigenvalue weighted by Gasteiger charge is 2.39. The summed E-state index contributed by atoms with van der Waals surface area (Å²) in [6.45, 7) is 2.83. The van der Waals surface area contributed by atoms with Gasteiger partial charge < -0.3 is 10.1 Å². The van der Waals surface area contributed by atoms with Gasteiger partial charge in [-0.15, -0.1) is 0 Å². The molecule has 3 unspecified atom stereocenters. The molecule has 1 N–H and O–H groups in total. The Hall–Kier alpha value is -1.09. The molecule has 0 spiro atoms. The van der Waals surface area contributed by atoms with E-state index in [1.165, 1.54) is 19.3 Å². The average Bonchev–Trinajstić information content (AvgIpc) is 2.90. The van der Waals surface area contributed by atoms with E-state index in [9.17, 15) is 0 Å². The van der Waals surface area contributed by atoms with E-state index < -0.39 is 0 Å². The monoisotopic (exact) mass is 218 g/mol. The largest absolute Gasteiger partial charge is 0.491 e. The van der Waals surface area contributed by atoms with Crippen LogP contribution in [0.15, 0.2) is 18.3 Å². The molecule has 0 aliphatic carbocycles. The van der Waals surface area contributed by atoms with Crippen LogP contribution in [0.5, 0.6) is 5.75 Å². The molecule has 2 bridgehead atoms.